The first-order chi connectivity index (χ1) is 13.7. The molecule has 0 bridgehead atoms. The lowest BCUT2D eigenvalue weighted by Gasteiger charge is -2.35. The van der Waals surface area contributed by atoms with Crippen molar-refractivity contribution in [3.63, 3.8) is 0 Å². The summed E-state index contributed by atoms with van der Waals surface area (Å²) in [7, 11) is 3.27. The van der Waals surface area contributed by atoms with Gasteiger partial charge in [0.2, 0.25) is 5.91 Å². The van der Waals surface area contributed by atoms with Crippen LogP contribution in [0.1, 0.15) is 26.2 Å². The number of methoxy groups -OCH3 is 2. The molecule has 1 saturated heterocycles. The molecule has 1 aliphatic rings. The van der Waals surface area contributed by atoms with Gasteiger partial charge >= 0.3 is 0 Å². The van der Waals surface area contributed by atoms with Crippen molar-refractivity contribution in [2.24, 2.45) is 0 Å². The summed E-state index contributed by atoms with van der Waals surface area (Å²) < 4.78 is 10.7. The van der Waals surface area contributed by atoms with Crippen LogP contribution in [0.4, 0.5) is 5.82 Å². The molecule has 0 aliphatic carbocycles. The molecule has 28 heavy (non-hydrogen) atoms. The van der Waals surface area contributed by atoms with E-state index in [2.05, 4.69) is 22.0 Å². The zero-order valence-electron chi connectivity index (χ0n) is 16.9. The van der Waals surface area contributed by atoms with Crippen molar-refractivity contribution >= 4 is 11.7 Å². The average Bonchev–Trinajstić information content (AvgIpc) is 2.77. The summed E-state index contributed by atoms with van der Waals surface area (Å²) in [6.07, 6.45) is 2.65. The van der Waals surface area contributed by atoms with Gasteiger partial charge in [0.25, 0.3) is 0 Å². The summed E-state index contributed by atoms with van der Waals surface area (Å²) in [5.41, 5.74) is 1.57. The minimum atomic E-state index is 0.257. The summed E-state index contributed by atoms with van der Waals surface area (Å²) in [5.74, 6) is 2.55. The van der Waals surface area contributed by atoms with Gasteiger partial charge in [0, 0.05) is 38.2 Å². The molecule has 0 radical (unpaired) electrons. The number of carbonyl (C=O) groups excluding carboxylic acids is 1. The highest BCUT2D eigenvalue weighted by Gasteiger charge is 2.22. The first-order valence-corrected chi connectivity index (χ1v) is 9.75. The van der Waals surface area contributed by atoms with Crippen LogP contribution in [0, 0.1) is 0 Å². The molecule has 0 saturated carbocycles. The molecule has 7 nitrogen and oxygen atoms in total. The Kier molecular flexibility index (Phi) is 6.68. The van der Waals surface area contributed by atoms with Crippen LogP contribution in [0.3, 0.4) is 0 Å². The van der Waals surface area contributed by atoms with Gasteiger partial charge < -0.3 is 19.3 Å². The predicted molar refractivity (Wildman–Crippen MR) is 109 cm³/mol. The van der Waals surface area contributed by atoms with Crippen molar-refractivity contribution in [3.05, 3.63) is 30.3 Å². The molecule has 0 unspecified atom stereocenters. The zero-order valence-corrected chi connectivity index (χ0v) is 16.9. The van der Waals surface area contributed by atoms with E-state index in [-0.39, 0.29) is 5.91 Å². The maximum Gasteiger partial charge on any atom is 0.222 e. The second-order valence-corrected chi connectivity index (χ2v) is 6.81. The fourth-order valence-corrected chi connectivity index (χ4v) is 3.32. The predicted octanol–water partition coefficient (Wildman–Crippen LogP) is 3.00. The SMILES string of the molecule is CCCCC(=O)N1CCN(c2ccc(-c3cc(OC)ccc3OC)nn2)CC1. The van der Waals surface area contributed by atoms with E-state index in [0.717, 1.165) is 67.6 Å². The van der Waals surface area contributed by atoms with Crippen LogP contribution in [0.15, 0.2) is 30.3 Å². The maximum atomic E-state index is 12.2. The van der Waals surface area contributed by atoms with E-state index in [1.54, 1.807) is 14.2 Å². The first kappa shape index (κ1) is 19.9. The maximum absolute atomic E-state index is 12.2. The Morgan fingerprint density at radius 1 is 1.04 bits per heavy atom. The molecule has 7 heteroatoms. The van der Waals surface area contributed by atoms with Crippen molar-refractivity contribution in [2.75, 3.05) is 45.3 Å². The van der Waals surface area contributed by atoms with Gasteiger partial charge in [0.05, 0.1) is 19.9 Å². The molecule has 150 valence electrons. The number of benzene rings is 1. The van der Waals surface area contributed by atoms with E-state index in [1.807, 2.05) is 35.2 Å². The number of hydrogen-bond donors (Lipinski definition) is 0. The Hall–Kier alpha value is -2.83. The third kappa shape index (κ3) is 4.52. The lowest BCUT2D eigenvalue weighted by atomic mass is 10.1. The lowest BCUT2D eigenvalue weighted by molar-refractivity contribution is -0.131. The topological polar surface area (TPSA) is 67.8 Å². The van der Waals surface area contributed by atoms with Gasteiger partial charge in [-0.3, -0.25) is 4.79 Å². The Bertz CT molecular complexity index is 787. The third-order valence-electron chi connectivity index (χ3n) is 5.03. The molecule has 1 aromatic heterocycles. The summed E-state index contributed by atoms with van der Waals surface area (Å²) in [4.78, 5) is 16.3. The van der Waals surface area contributed by atoms with E-state index >= 15 is 0 Å². The molecule has 0 N–H and O–H groups in total. The molecule has 1 amide bonds. The Balaban J connectivity index is 1.67. The fraction of sp³-hybridized carbons (Fsp3) is 0.476. The first-order valence-electron chi connectivity index (χ1n) is 9.75. The van der Waals surface area contributed by atoms with E-state index in [1.165, 1.54) is 0 Å². The van der Waals surface area contributed by atoms with E-state index < -0.39 is 0 Å². The molecule has 0 atom stereocenters. The molecule has 2 aromatic rings. The summed E-state index contributed by atoms with van der Waals surface area (Å²) in [5, 5.41) is 8.80. The number of piperazine rings is 1. The van der Waals surface area contributed by atoms with Gasteiger partial charge in [-0.1, -0.05) is 13.3 Å². The largest absolute Gasteiger partial charge is 0.497 e. The van der Waals surface area contributed by atoms with Gasteiger partial charge in [-0.25, -0.2) is 0 Å². The van der Waals surface area contributed by atoms with Crippen LogP contribution in [0.2, 0.25) is 0 Å². The van der Waals surface area contributed by atoms with Crippen molar-refractivity contribution in [3.8, 4) is 22.8 Å². The molecule has 2 heterocycles. The van der Waals surface area contributed by atoms with Crippen LogP contribution >= 0.6 is 0 Å². The molecule has 1 aliphatic heterocycles. The number of anilines is 1. The molecule has 1 aromatic carbocycles. The van der Waals surface area contributed by atoms with Gasteiger partial charge in [-0.05, 0) is 36.8 Å². The number of aromatic nitrogens is 2. The normalized spacial score (nSPS) is 14.1. The standard InChI is InChI=1S/C21H28N4O3/c1-4-5-6-21(26)25-13-11-24(12-14-25)20-10-8-18(22-23-20)17-15-16(27-2)7-9-19(17)28-3/h7-10,15H,4-6,11-14H2,1-3H3. The zero-order chi connectivity index (χ0) is 19.9. The average molecular weight is 384 g/mol. The Labute approximate surface area is 166 Å². The number of ether oxygens (including phenoxy) is 2. The monoisotopic (exact) mass is 384 g/mol. The fourth-order valence-electron chi connectivity index (χ4n) is 3.32. The summed E-state index contributed by atoms with van der Waals surface area (Å²) in [6, 6.07) is 9.52. The van der Waals surface area contributed by atoms with Crippen LogP contribution in [-0.2, 0) is 4.79 Å². The van der Waals surface area contributed by atoms with Gasteiger partial charge in [-0.15, -0.1) is 10.2 Å². The highest BCUT2D eigenvalue weighted by molar-refractivity contribution is 5.76. The minimum Gasteiger partial charge on any atom is -0.497 e. The van der Waals surface area contributed by atoms with E-state index in [4.69, 9.17) is 9.47 Å². The molecular weight excluding hydrogens is 356 g/mol. The Morgan fingerprint density at radius 2 is 1.82 bits per heavy atom. The van der Waals surface area contributed by atoms with Crippen molar-refractivity contribution in [1.82, 2.24) is 15.1 Å². The van der Waals surface area contributed by atoms with Crippen LogP contribution < -0.4 is 14.4 Å². The minimum absolute atomic E-state index is 0.257. The molecule has 0 spiro atoms. The van der Waals surface area contributed by atoms with Crippen molar-refractivity contribution in [2.45, 2.75) is 26.2 Å². The number of amides is 1. The summed E-state index contributed by atoms with van der Waals surface area (Å²) in [6.45, 7) is 5.11. The number of hydrogen-bond acceptors (Lipinski definition) is 6. The van der Waals surface area contributed by atoms with Crippen LogP contribution in [-0.4, -0.2) is 61.4 Å². The van der Waals surface area contributed by atoms with Gasteiger partial charge in [0.15, 0.2) is 5.82 Å². The number of unbranched alkanes of at least 4 members (excludes halogenated alkanes) is 1. The van der Waals surface area contributed by atoms with Crippen LogP contribution in [0.25, 0.3) is 11.3 Å². The molecule has 3 rings (SSSR count). The second-order valence-electron chi connectivity index (χ2n) is 6.81. The smallest absolute Gasteiger partial charge is 0.222 e. The highest BCUT2D eigenvalue weighted by atomic mass is 16.5. The highest BCUT2D eigenvalue weighted by Crippen LogP contribution is 2.32. The van der Waals surface area contributed by atoms with Crippen molar-refractivity contribution < 1.29 is 14.3 Å². The second kappa shape index (κ2) is 9.39. The number of nitrogens with zero attached hydrogens (tertiary/aromatic N) is 4. The Morgan fingerprint density at radius 3 is 2.43 bits per heavy atom. The van der Waals surface area contributed by atoms with E-state index in [9.17, 15) is 4.79 Å². The molecule has 1 fully saturated rings. The number of carbonyl (C=O) groups is 1. The van der Waals surface area contributed by atoms with Gasteiger partial charge in [-0.2, -0.15) is 0 Å². The lowest BCUT2D eigenvalue weighted by Crippen LogP contribution is -2.49. The van der Waals surface area contributed by atoms with Crippen molar-refractivity contribution in [1.29, 1.82) is 0 Å². The quantitative estimate of drug-likeness (QED) is 0.731. The van der Waals surface area contributed by atoms with Gasteiger partial charge in [0.1, 0.15) is 11.5 Å². The van der Waals surface area contributed by atoms with Crippen LogP contribution in [0.5, 0.6) is 11.5 Å². The molecular formula is C21H28N4O3. The third-order valence-corrected chi connectivity index (χ3v) is 5.03. The summed E-state index contributed by atoms with van der Waals surface area (Å²) >= 11 is 0. The number of rotatable bonds is 7. The van der Waals surface area contributed by atoms with E-state index in [0.29, 0.717) is 6.42 Å².